The molecule has 0 heterocycles. The van der Waals surface area contributed by atoms with Crippen molar-refractivity contribution in [3.8, 4) is 0 Å². The maximum Gasteiger partial charge on any atom is 0.175 e. The van der Waals surface area contributed by atoms with E-state index in [2.05, 4.69) is 16.7 Å². The van der Waals surface area contributed by atoms with Crippen LogP contribution in [0.5, 0.6) is 0 Å². The van der Waals surface area contributed by atoms with Crippen molar-refractivity contribution >= 4 is 32.9 Å². The van der Waals surface area contributed by atoms with E-state index in [0.717, 1.165) is 22.4 Å². The second-order valence-electron chi connectivity index (χ2n) is 5.54. The number of nitrogens with one attached hydrogen (secondary N) is 2. The fourth-order valence-electron chi connectivity index (χ4n) is 2.07. The van der Waals surface area contributed by atoms with Crippen molar-refractivity contribution in [2.75, 3.05) is 11.6 Å². The van der Waals surface area contributed by atoms with Crippen LogP contribution < -0.4 is 10.6 Å². The summed E-state index contributed by atoms with van der Waals surface area (Å²) in [6.07, 6.45) is 1.20. The Bertz CT molecular complexity index is 813. The topological polar surface area (TPSA) is 58.2 Å². The largest absolute Gasteiger partial charge is 0.358 e. The molecule has 0 bridgehead atoms. The van der Waals surface area contributed by atoms with E-state index in [-0.39, 0.29) is 0 Å². The van der Waals surface area contributed by atoms with E-state index >= 15 is 0 Å². The molecule has 0 aromatic heterocycles. The van der Waals surface area contributed by atoms with Gasteiger partial charge in [0.05, 0.1) is 4.90 Å². The Morgan fingerprint density at radius 1 is 1.09 bits per heavy atom. The predicted octanol–water partition coefficient (Wildman–Crippen LogP) is 3.19. The second kappa shape index (κ2) is 7.10. The first kappa shape index (κ1) is 17.4. The molecule has 0 aliphatic carbocycles. The highest BCUT2D eigenvalue weighted by molar-refractivity contribution is 7.90. The molecule has 0 spiro atoms. The third kappa shape index (κ3) is 5.04. The number of hydrogen-bond donors (Lipinski definition) is 2. The minimum absolute atomic E-state index is 0.317. The first-order chi connectivity index (χ1) is 10.8. The van der Waals surface area contributed by atoms with Crippen LogP contribution in [0.4, 0.5) is 5.69 Å². The van der Waals surface area contributed by atoms with Crippen molar-refractivity contribution in [2.24, 2.45) is 0 Å². The first-order valence-electron chi connectivity index (χ1n) is 7.17. The maximum atomic E-state index is 11.4. The molecule has 0 aliphatic heterocycles. The van der Waals surface area contributed by atoms with Gasteiger partial charge in [-0.3, -0.25) is 0 Å². The van der Waals surface area contributed by atoms with E-state index in [0.29, 0.717) is 16.6 Å². The molecule has 0 fully saturated rings. The van der Waals surface area contributed by atoms with E-state index in [1.165, 1.54) is 6.26 Å². The average Bonchev–Trinajstić information content (AvgIpc) is 2.48. The minimum atomic E-state index is -3.16. The van der Waals surface area contributed by atoms with Gasteiger partial charge in [0.15, 0.2) is 14.9 Å². The van der Waals surface area contributed by atoms with Gasteiger partial charge >= 0.3 is 0 Å². The van der Waals surface area contributed by atoms with Gasteiger partial charge in [-0.25, -0.2) is 8.42 Å². The molecule has 2 rings (SSSR count). The van der Waals surface area contributed by atoms with Gasteiger partial charge in [-0.05, 0) is 61.0 Å². The SMILES string of the molecule is Cc1ccc(C)c(NC(=S)NCc2ccc(S(C)(=O)=O)cc2)c1. The van der Waals surface area contributed by atoms with Crippen molar-refractivity contribution < 1.29 is 8.42 Å². The van der Waals surface area contributed by atoms with Gasteiger partial charge in [0, 0.05) is 18.5 Å². The normalized spacial score (nSPS) is 11.1. The molecule has 23 heavy (non-hydrogen) atoms. The predicted molar refractivity (Wildman–Crippen MR) is 98.5 cm³/mol. The molecule has 2 aromatic carbocycles. The Kier molecular flexibility index (Phi) is 5.38. The molecular formula is C17H20N2O2S2. The molecule has 2 aromatic rings. The highest BCUT2D eigenvalue weighted by Crippen LogP contribution is 2.16. The lowest BCUT2D eigenvalue weighted by Gasteiger charge is -2.13. The fourth-order valence-corrected chi connectivity index (χ4v) is 2.89. The summed E-state index contributed by atoms with van der Waals surface area (Å²) >= 11 is 5.31. The summed E-state index contributed by atoms with van der Waals surface area (Å²) in [4.78, 5) is 0.317. The monoisotopic (exact) mass is 348 g/mol. The third-order valence-corrected chi connectivity index (χ3v) is 4.82. The Balaban J connectivity index is 1.95. The number of hydrogen-bond acceptors (Lipinski definition) is 3. The molecule has 0 atom stereocenters. The smallest absolute Gasteiger partial charge is 0.175 e. The van der Waals surface area contributed by atoms with E-state index in [9.17, 15) is 8.42 Å². The molecule has 0 amide bonds. The highest BCUT2D eigenvalue weighted by atomic mass is 32.2. The molecule has 0 saturated carbocycles. The van der Waals surface area contributed by atoms with E-state index in [4.69, 9.17) is 12.2 Å². The summed E-state index contributed by atoms with van der Waals surface area (Å²) in [5, 5.41) is 6.84. The van der Waals surface area contributed by atoms with E-state index in [1.807, 2.05) is 26.0 Å². The van der Waals surface area contributed by atoms with Crippen LogP contribution in [0, 0.1) is 13.8 Å². The van der Waals surface area contributed by atoms with Gasteiger partial charge < -0.3 is 10.6 Å². The van der Waals surface area contributed by atoms with Crippen LogP contribution in [0.25, 0.3) is 0 Å². The molecule has 122 valence electrons. The van der Waals surface area contributed by atoms with Crippen LogP contribution in [-0.2, 0) is 16.4 Å². The zero-order chi connectivity index (χ0) is 17.0. The van der Waals surface area contributed by atoms with Crippen LogP contribution >= 0.6 is 12.2 Å². The molecule has 0 saturated heterocycles. The lowest BCUT2D eigenvalue weighted by molar-refractivity contribution is 0.602. The molecule has 2 N–H and O–H groups in total. The summed E-state index contributed by atoms with van der Waals surface area (Å²) in [5.41, 5.74) is 4.23. The van der Waals surface area contributed by atoms with Gasteiger partial charge in [-0.2, -0.15) is 0 Å². The Morgan fingerprint density at radius 2 is 1.74 bits per heavy atom. The van der Waals surface area contributed by atoms with E-state index in [1.54, 1.807) is 24.3 Å². The van der Waals surface area contributed by atoms with Gasteiger partial charge in [0.2, 0.25) is 0 Å². The zero-order valence-corrected chi connectivity index (χ0v) is 15.0. The molecule has 0 unspecified atom stereocenters. The molecule has 0 radical (unpaired) electrons. The maximum absolute atomic E-state index is 11.4. The standard InChI is InChI=1S/C17H20N2O2S2/c1-12-4-5-13(2)16(10-12)19-17(22)18-11-14-6-8-15(9-7-14)23(3,20)21/h4-10H,11H2,1-3H3,(H2,18,19,22). The van der Waals surface area contributed by atoms with Gasteiger partial charge in [-0.1, -0.05) is 24.3 Å². The second-order valence-corrected chi connectivity index (χ2v) is 7.97. The Labute approximate surface area is 142 Å². The van der Waals surface area contributed by atoms with Crippen molar-refractivity contribution in [3.63, 3.8) is 0 Å². The van der Waals surface area contributed by atoms with Crippen LogP contribution in [0.15, 0.2) is 47.4 Å². The quantitative estimate of drug-likeness (QED) is 0.831. The molecular weight excluding hydrogens is 328 g/mol. The van der Waals surface area contributed by atoms with Crippen molar-refractivity contribution in [1.29, 1.82) is 0 Å². The molecule has 4 nitrogen and oxygen atoms in total. The Morgan fingerprint density at radius 3 is 2.35 bits per heavy atom. The van der Waals surface area contributed by atoms with Crippen LogP contribution in [0.3, 0.4) is 0 Å². The number of anilines is 1. The number of rotatable bonds is 4. The molecule has 6 heteroatoms. The fraction of sp³-hybridized carbons (Fsp3) is 0.235. The lowest BCUT2D eigenvalue weighted by atomic mass is 10.1. The average molecular weight is 348 g/mol. The van der Waals surface area contributed by atoms with Gasteiger partial charge in [0.1, 0.15) is 0 Å². The third-order valence-electron chi connectivity index (χ3n) is 3.45. The van der Waals surface area contributed by atoms with Crippen LogP contribution in [-0.4, -0.2) is 19.8 Å². The summed E-state index contributed by atoms with van der Waals surface area (Å²) in [6, 6.07) is 12.9. The number of benzene rings is 2. The number of sulfone groups is 1. The highest BCUT2D eigenvalue weighted by Gasteiger charge is 2.06. The van der Waals surface area contributed by atoms with Crippen molar-refractivity contribution in [1.82, 2.24) is 5.32 Å². The summed E-state index contributed by atoms with van der Waals surface area (Å²) in [6.45, 7) is 4.58. The number of aryl methyl sites for hydroxylation is 2. The van der Waals surface area contributed by atoms with E-state index < -0.39 is 9.84 Å². The zero-order valence-electron chi connectivity index (χ0n) is 13.4. The summed E-state index contributed by atoms with van der Waals surface area (Å²) in [7, 11) is -3.16. The van der Waals surface area contributed by atoms with Crippen LogP contribution in [0.1, 0.15) is 16.7 Å². The van der Waals surface area contributed by atoms with Crippen molar-refractivity contribution in [3.05, 3.63) is 59.2 Å². The van der Waals surface area contributed by atoms with Gasteiger partial charge in [0.25, 0.3) is 0 Å². The summed E-state index contributed by atoms with van der Waals surface area (Å²) < 4.78 is 22.9. The molecule has 0 aliphatic rings. The van der Waals surface area contributed by atoms with Crippen LogP contribution in [0.2, 0.25) is 0 Å². The number of thiocarbonyl (C=S) groups is 1. The Hall–Kier alpha value is -1.92. The first-order valence-corrected chi connectivity index (χ1v) is 9.47. The lowest BCUT2D eigenvalue weighted by Crippen LogP contribution is -2.28. The minimum Gasteiger partial charge on any atom is -0.358 e. The van der Waals surface area contributed by atoms with Gasteiger partial charge in [-0.15, -0.1) is 0 Å². The van der Waals surface area contributed by atoms with Crippen molar-refractivity contribution in [2.45, 2.75) is 25.3 Å². The summed E-state index contributed by atoms with van der Waals surface area (Å²) in [5.74, 6) is 0.